The van der Waals surface area contributed by atoms with Crippen molar-refractivity contribution in [3.63, 3.8) is 0 Å². The Morgan fingerprint density at radius 1 is 1.46 bits per heavy atom. The van der Waals surface area contributed by atoms with Gasteiger partial charge in [0.25, 0.3) is 0 Å². The number of halogens is 1. The zero-order valence-corrected chi connectivity index (χ0v) is 15.4. The third-order valence-electron chi connectivity index (χ3n) is 4.96. The van der Waals surface area contributed by atoms with E-state index in [1.54, 1.807) is 25.9 Å². The number of nitrogens with zero attached hydrogens (tertiary/aromatic N) is 1. The van der Waals surface area contributed by atoms with Crippen molar-refractivity contribution in [3.05, 3.63) is 83.1 Å². The minimum atomic E-state index is 0.0391. The molecule has 0 amide bonds. The Hall–Kier alpha value is -2.43. The molecule has 4 nitrogen and oxygen atoms in total. The van der Waals surface area contributed by atoms with Crippen LogP contribution in [0.2, 0.25) is 5.02 Å². The SMILES string of the molecule is C=C/C(=C\OC)C1c2[nH]c3ccc(Cl)cc3c2CCN1Cc1ccoc1. The molecule has 0 saturated heterocycles. The summed E-state index contributed by atoms with van der Waals surface area (Å²) in [4.78, 5) is 6.02. The second-order valence-electron chi connectivity index (χ2n) is 6.52. The third-order valence-corrected chi connectivity index (χ3v) is 5.20. The molecule has 3 aromatic rings. The van der Waals surface area contributed by atoms with Crippen molar-refractivity contribution in [1.82, 2.24) is 9.88 Å². The molecule has 4 rings (SSSR count). The van der Waals surface area contributed by atoms with Crippen LogP contribution in [0.3, 0.4) is 0 Å². The number of ether oxygens (including phenoxy) is 1. The summed E-state index contributed by atoms with van der Waals surface area (Å²) in [6.45, 7) is 5.72. The number of furan rings is 1. The van der Waals surface area contributed by atoms with Gasteiger partial charge in [0, 0.05) is 45.8 Å². The number of hydrogen-bond acceptors (Lipinski definition) is 3. The predicted octanol–water partition coefficient (Wildman–Crippen LogP) is 5.23. The van der Waals surface area contributed by atoms with E-state index in [0.29, 0.717) is 0 Å². The fourth-order valence-corrected chi connectivity index (χ4v) is 4.01. The Bertz CT molecular complexity index is 956. The summed E-state index contributed by atoms with van der Waals surface area (Å²) in [6.07, 6.45) is 8.11. The summed E-state index contributed by atoms with van der Waals surface area (Å²) >= 11 is 6.24. The Morgan fingerprint density at radius 2 is 2.35 bits per heavy atom. The number of nitrogens with one attached hydrogen (secondary N) is 1. The molecule has 1 N–H and O–H groups in total. The van der Waals surface area contributed by atoms with Gasteiger partial charge in [0.2, 0.25) is 0 Å². The van der Waals surface area contributed by atoms with Crippen molar-refractivity contribution in [3.8, 4) is 0 Å². The number of rotatable bonds is 5. The lowest BCUT2D eigenvalue weighted by Gasteiger charge is -2.36. The van der Waals surface area contributed by atoms with E-state index in [0.717, 1.165) is 41.2 Å². The fourth-order valence-electron chi connectivity index (χ4n) is 3.84. The number of aromatic nitrogens is 1. The van der Waals surface area contributed by atoms with E-state index in [-0.39, 0.29) is 6.04 Å². The summed E-state index contributed by atoms with van der Waals surface area (Å²) in [6, 6.07) is 8.05. The Kier molecular flexibility index (Phi) is 4.62. The van der Waals surface area contributed by atoms with Gasteiger partial charge in [-0.1, -0.05) is 24.3 Å². The van der Waals surface area contributed by atoms with Crippen molar-refractivity contribution in [2.75, 3.05) is 13.7 Å². The van der Waals surface area contributed by atoms with Gasteiger partial charge in [-0.25, -0.2) is 0 Å². The molecule has 2 aromatic heterocycles. The van der Waals surface area contributed by atoms with Crippen LogP contribution in [-0.2, 0) is 17.7 Å². The molecule has 0 spiro atoms. The second kappa shape index (κ2) is 7.06. The first-order valence-electron chi connectivity index (χ1n) is 8.61. The first kappa shape index (κ1) is 17.0. The average Bonchev–Trinajstić information content (AvgIpc) is 3.27. The summed E-state index contributed by atoms with van der Waals surface area (Å²) in [5.41, 5.74) is 5.78. The molecule has 5 heteroatoms. The fraction of sp³-hybridized carbons (Fsp3) is 0.238. The predicted molar refractivity (Wildman–Crippen MR) is 104 cm³/mol. The number of aromatic amines is 1. The minimum absolute atomic E-state index is 0.0391. The first-order valence-corrected chi connectivity index (χ1v) is 8.99. The van der Waals surface area contributed by atoms with Crippen LogP contribution in [0.4, 0.5) is 0 Å². The van der Waals surface area contributed by atoms with Crippen LogP contribution in [0, 0.1) is 0 Å². The lowest BCUT2D eigenvalue weighted by Crippen LogP contribution is -2.35. The van der Waals surface area contributed by atoms with Gasteiger partial charge >= 0.3 is 0 Å². The molecule has 1 aromatic carbocycles. The normalized spacial score (nSPS) is 18.1. The number of H-pyrrole nitrogens is 1. The highest BCUT2D eigenvalue weighted by Crippen LogP contribution is 2.40. The van der Waals surface area contributed by atoms with Gasteiger partial charge in [-0.05, 0) is 36.2 Å². The van der Waals surface area contributed by atoms with Gasteiger partial charge in [-0.3, -0.25) is 4.90 Å². The maximum Gasteiger partial charge on any atom is 0.0947 e. The molecule has 0 fully saturated rings. The standard InChI is InChI=1S/C21H21ClN2O2/c1-3-15(13-25-2)21-20-17(18-10-16(22)4-5-19(18)23-20)6-8-24(21)11-14-7-9-26-12-14/h3-5,7,9-10,12-13,21,23H,1,6,8,11H2,2H3/b15-13+. The maximum atomic E-state index is 6.24. The molecule has 3 heterocycles. The molecule has 1 unspecified atom stereocenters. The van der Waals surface area contributed by atoms with Crippen LogP contribution in [-0.4, -0.2) is 23.5 Å². The van der Waals surface area contributed by atoms with Gasteiger partial charge in [0.05, 0.1) is 31.9 Å². The molecule has 0 saturated carbocycles. The van der Waals surface area contributed by atoms with Gasteiger partial charge < -0.3 is 14.1 Å². The molecule has 0 radical (unpaired) electrons. The number of hydrogen-bond donors (Lipinski definition) is 1. The largest absolute Gasteiger partial charge is 0.504 e. The monoisotopic (exact) mass is 368 g/mol. The van der Waals surface area contributed by atoms with Gasteiger partial charge in [0.1, 0.15) is 0 Å². The Balaban J connectivity index is 1.83. The quantitative estimate of drug-likeness (QED) is 0.495. The van der Waals surface area contributed by atoms with Gasteiger partial charge in [-0.15, -0.1) is 0 Å². The van der Waals surface area contributed by atoms with Crippen LogP contribution in [0.1, 0.15) is 22.9 Å². The van der Waals surface area contributed by atoms with E-state index in [2.05, 4.69) is 16.5 Å². The van der Waals surface area contributed by atoms with Crippen molar-refractivity contribution >= 4 is 22.5 Å². The number of benzene rings is 1. The zero-order chi connectivity index (χ0) is 18.1. The molecule has 26 heavy (non-hydrogen) atoms. The van der Waals surface area contributed by atoms with Crippen molar-refractivity contribution in [2.45, 2.75) is 19.0 Å². The van der Waals surface area contributed by atoms with Crippen LogP contribution >= 0.6 is 11.6 Å². The lowest BCUT2D eigenvalue weighted by molar-refractivity contribution is 0.196. The molecule has 1 atom stereocenters. The molecule has 1 aliphatic rings. The minimum Gasteiger partial charge on any atom is -0.504 e. The number of fused-ring (bicyclic) bond motifs is 3. The Labute approximate surface area is 157 Å². The molecule has 0 aliphatic carbocycles. The molecule has 134 valence electrons. The van der Waals surface area contributed by atoms with E-state index in [9.17, 15) is 0 Å². The van der Waals surface area contributed by atoms with Crippen LogP contribution in [0.25, 0.3) is 10.9 Å². The zero-order valence-electron chi connectivity index (χ0n) is 14.7. The van der Waals surface area contributed by atoms with Crippen molar-refractivity contribution < 1.29 is 9.15 Å². The molecule has 0 bridgehead atoms. The van der Waals surface area contributed by atoms with E-state index in [1.807, 2.05) is 30.3 Å². The number of methoxy groups -OCH3 is 1. The summed E-state index contributed by atoms with van der Waals surface area (Å²) in [7, 11) is 1.67. The van der Waals surface area contributed by atoms with E-state index >= 15 is 0 Å². The van der Waals surface area contributed by atoms with Crippen LogP contribution in [0.15, 0.2) is 65.7 Å². The highest BCUT2D eigenvalue weighted by Gasteiger charge is 2.32. The summed E-state index contributed by atoms with van der Waals surface area (Å²) in [5, 5.41) is 1.95. The summed E-state index contributed by atoms with van der Waals surface area (Å²) in [5.74, 6) is 0. The molecule has 1 aliphatic heterocycles. The highest BCUT2D eigenvalue weighted by atomic mass is 35.5. The van der Waals surface area contributed by atoms with Crippen molar-refractivity contribution in [2.24, 2.45) is 0 Å². The smallest absolute Gasteiger partial charge is 0.0947 e. The van der Waals surface area contributed by atoms with E-state index < -0.39 is 0 Å². The van der Waals surface area contributed by atoms with Gasteiger partial charge in [0.15, 0.2) is 0 Å². The summed E-state index contributed by atoms with van der Waals surface area (Å²) < 4.78 is 10.6. The van der Waals surface area contributed by atoms with Crippen LogP contribution < -0.4 is 0 Å². The first-order chi connectivity index (χ1) is 12.7. The topological polar surface area (TPSA) is 41.4 Å². The third kappa shape index (κ3) is 2.96. The molecular weight excluding hydrogens is 348 g/mol. The average molecular weight is 369 g/mol. The van der Waals surface area contributed by atoms with E-state index in [4.69, 9.17) is 20.8 Å². The highest BCUT2D eigenvalue weighted by molar-refractivity contribution is 6.31. The van der Waals surface area contributed by atoms with Crippen molar-refractivity contribution in [1.29, 1.82) is 0 Å². The van der Waals surface area contributed by atoms with Crippen LogP contribution in [0.5, 0.6) is 0 Å². The molecular formula is C21H21ClN2O2. The Morgan fingerprint density at radius 3 is 3.08 bits per heavy atom. The van der Waals surface area contributed by atoms with Gasteiger partial charge in [-0.2, -0.15) is 0 Å². The van der Waals surface area contributed by atoms with E-state index in [1.165, 1.54) is 16.6 Å². The maximum absolute atomic E-state index is 6.24. The second-order valence-corrected chi connectivity index (χ2v) is 6.96. The lowest BCUT2D eigenvalue weighted by atomic mass is 9.92.